The molecule has 0 aromatic heterocycles. The summed E-state index contributed by atoms with van der Waals surface area (Å²) >= 11 is 1.22. The van der Waals surface area contributed by atoms with Crippen molar-refractivity contribution in [3.63, 3.8) is 0 Å². The summed E-state index contributed by atoms with van der Waals surface area (Å²) in [6.07, 6.45) is 3.39. The number of carbonyl (C=O) groups excluding carboxylic acids is 1. The van der Waals surface area contributed by atoms with Crippen molar-refractivity contribution in [2.45, 2.75) is 0 Å². The molecule has 27 heavy (non-hydrogen) atoms. The number of amidine groups is 1. The quantitative estimate of drug-likeness (QED) is 0.596. The molecule has 1 heterocycles. The highest BCUT2D eigenvalue weighted by Crippen LogP contribution is 2.32. The molecule has 0 radical (unpaired) electrons. The number of halogens is 1. The van der Waals surface area contributed by atoms with Gasteiger partial charge in [-0.3, -0.25) is 4.79 Å². The van der Waals surface area contributed by atoms with Gasteiger partial charge in [-0.15, -0.1) is 0 Å². The molecule has 7 heteroatoms. The topological polar surface area (TPSA) is 59.9 Å². The van der Waals surface area contributed by atoms with Crippen LogP contribution in [0.5, 0.6) is 11.5 Å². The zero-order chi connectivity index (χ0) is 19.2. The Labute approximate surface area is 160 Å². The van der Waals surface area contributed by atoms with Crippen molar-refractivity contribution in [1.29, 1.82) is 0 Å². The second-order valence-corrected chi connectivity index (χ2v) is 6.50. The number of hydrogen-bond acceptors (Lipinski definition) is 5. The molecule has 2 aromatic rings. The lowest BCUT2D eigenvalue weighted by atomic mass is 10.2. The van der Waals surface area contributed by atoms with E-state index in [2.05, 4.69) is 16.9 Å². The third-order valence-electron chi connectivity index (χ3n) is 3.55. The first kappa shape index (κ1) is 18.7. The molecule has 0 saturated carbocycles. The molecule has 0 atom stereocenters. The van der Waals surface area contributed by atoms with Gasteiger partial charge in [0.2, 0.25) is 0 Å². The highest BCUT2D eigenvalue weighted by Gasteiger charge is 2.24. The van der Waals surface area contributed by atoms with Gasteiger partial charge < -0.3 is 14.8 Å². The van der Waals surface area contributed by atoms with E-state index in [0.717, 1.165) is 5.56 Å². The Morgan fingerprint density at radius 2 is 2.00 bits per heavy atom. The number of thioether (sulfide) groups is 1. The van der Waals surface area contributed by atoms with Gasteiger partial charge in [0, 0.05) is 0 Å². The molecule has 3 rings (SSSR count). The van der Waals surface area contributed by atoms with Crippen molar-refractivity contribution in [2.24, 2.45) is 4.99 Å². The number of carbonyl (C=O) groups is 1. The van der Waals surface area contributed by atoms with Crippen LogP contribution in [0.25, 0.3) is 6.08 Å². The predicted octanol–water partition coefficient (Wildman–Crippen LogP) is 4.29. The average molecular weight is 384 g/mol. The number of nitrogens with one attached hydrogen (secondary N) is 1. The molecule has 5 nitrogen and oxygen atoms in total. The minimum Gasteiger partial charge on any atom is -0.493 e. The fourth-order valence-corrected chi connectivity index (χ4v) is 3.15. The lowest BCUT2D eigenvalue weighted by Gasteiger charge is -2.09. The molecule has 1 N–H and O–H groups in total. The standard InChI is InChI=1S/C20H17FN2O3S/c1-3-10-26-16-9-4-13(11-17(16)25-2)12-18-19(24)23-20(27-18)22-15-7-5-14(21)6-8-15/h3-9,11-12H,1,10H2,2H3,(H,22,23,24)/b18-12+. The van der Waals surface area contributed by atoms with E-state index < -0.39 is 0 Å². The summed E-state index contributed by atoms with van der Waals surface area (Å²) in [5.74, 6) is 0.584. The summed E-state index contributed by atoms with van der Waals surface area (Å²) in [5.41, 5.74) is 1.35. The largest absolute Gasteiger partial charge is 0.493 e. The number of benzene rings is 2. The molecule has 138 valence electrons. The fraction of sp³-hybridized carbons (Fsp3) is 0.100. The molecule has 1 aliphatic heterocycles. The van der Waals surface area contributed by atoms with Crippen LogP contribution in [-0.4, -0.2) is 24.8 Å². The maximum atomic E-state index is 13.0. The summed E-state index contributed by atoms with van der Waals surface area (Å²) in [5, 5.41) is 3.14. The zero-order valence-electron chi connectivity index (χ0n) is 14.6. The molecule has 2 aromatic carbocycles. The second kappa shape index (κ2) is 8.55. The Morgan fingerprint density at radius 3 is 2.70 bits per heavy atom. The van der Waals surface area contributed by atoms with Crippen molar-refractivity contribution in [3.05, 3.63) is 71.4 Å². The minimum atomic E-state index is -0.336. The Bertz CT molecular complexity index is 923. The van der Waals surface area contributed by atoms with E-state index >= 15 is 0 Å². The molecule has 1 saturated heterocycles. The van der Waals surface area contributed by atoms with Gasteiger partial charge in [0.1, 0.15) is 12.4 Å². The van der Waals surface area contributed by atoms with Crippen LogP contribution in [0.1, 0.15) is 5.56 Å². The fourth-order valence-electron chi connectivity index (χ4n) is 2.31. The second-order valence-electron chi connectivity index (χ2n) is 5.47. The Balaban J connectivity index is 1.79. The highest BCUT2D eigenvalue weighted by atomic mass is 32.2. The van der Waals surface area contributed by atoms with Crippen LogP contribution in [0.2, 0.25) is 0 Å². The normalized spacial score (nSPS) is 16.4. The van der Waals surface area contributed by atoms with Crippen molar-refractivity contribution in [1.82, 2.24) is 5.32 Å². The van der Waals surface area contributed by atoms with E-state index in [1.54, 1.807) is 43.5 Å². The maximum Gasteiger partial charge on any atom is 0.264 e. The highest BCUT2D eigenvalue weighted by molar-refractivity contribution is 8.18. The summed E-state index contributed by atoms with van der Waals surface area (Å²) in [6, 6.07) is 11.1. The van der Waals surface area contributed by atoms with Gasteiger partial charge in [0.05, 0.1) is 17.7 Å². The molecule has 0 unspecified atom stereocenters. The Morgan fingerprint density at radius 1 is 1.22 bits per heavy atom. The minimum absolute atomic E-state index is 0.244. The Hall–Kier alpha value is -3.06. The van der Waals surface area contributed by atoms with Gasteiger partial charge in [-0.1, -0.05) is 18.7 Å². The first-order valence-electron chi connectivity index (χ1n) is 8.06. The molecular weight excluding hydrogens is 367 g/mol. The molecule has 1 fully saturated rings. The van der Waals surface area contributed by atoms with E-state index in [0.29, 0.717) is 33.9 Å². The number of aliphatic imine (C=N–C) groups is 1. The monoisotopic (exact) mass is 384 g/mol. The summed E-state index contributed by atoms with van der Waals surface area (Å²) in [6.45, 7) is 3.99. The van der Waals surface area contributed by atoms with Gasteiger partial charge in [-0.2, -0.15) is 0 Å². The van der Waals surface area contributed by atoms with E-state index in [1.807, 2.05) is 6.07 Å². The number of nitrogens with zero attached hydrogens (tertiary/aromatic N) is 1. The van der Waals surface area contributed by atoms with Crippen LogP contribution in [0.3, 0.4) is 0 Å². The molecular formula is C20H17FN2O3S. The third-order valence-corrected chi connectivity index (χ3v) is 4.46. The average Bonchev–Trinajstić information content (AvgIpc) is 3.01. The number of rotatable bonds is 6. The maximum absolute atomic E-state index is 13.0. The summed E-state index contributed by atoms with van der Waals surface area (Å²) in [7, 11) is 1.55. The van der Waals surface area contributed by atoms with Crippen LogP contribution >= 0.6 is 11.8 Å². The summed E-state index contributed by atoms with van der Waals surface area (Å²) < 4.78 is 23.8. The van der Waals surface area contributed by atoms with Crippen LogP contribution in [0.15, 0.2) is 65.0 Å². The van der Waals surface area contributed by atoms with Gasteiger partial charge in [0.15, 0.2) is 16.7 Å². The number of hydrogen-bond donors (Lipinski definition) is 1. The Kier molecular flexibility index (Phi) is 5.93. The number of ether oxygens (including phenoxy) is 2. The predicted molar refractivity (Wildman–Crippen MR) is 106 cm³/mol. The molecule has 0 spiro atoms. The molecule has 1 amide bonds. The third kappa shape index (κ3) is 4.77. The van der Waals surface area contributed by atoms with E-state index in [9.17, 15) is 9.18 Å². The van der Waals surface area contributed by atoms with Crippen LogP contribution in [-0.2, 0) is 4.79 Å². The summed E-state index contributed by atoms with van der Waals surface area (Å²) in [4.78, 5) is 17.0. The van der Waals surface area contributed by atoms with E-state index in [1.165, 1.54) is 23.9 Å². The van der Waals surface area contributed by atoms with Crippen molar-refractivity contribution in [2.75, 3.05) is 13.7 Å². The van der Waals surface area contributed by atoms with Crippen molar-refractivity contribution < 1.29 is 18.7 Å². The van der Waals surface area contributed by atoms with Crippen LogP contribution in [0, 0.1) is 5.82 Å². The molecule has 1 aliphatic rings. The van der Waals surface area contributed by atoms with Crippen LogP contribution in [0.4, 0.5) is 10.1 Å². The first-order chi connectivity index (χ1) is 13.1. The lowest BCUT2D eigenvalue weighted by molar-refractivity contribution is -0.115. The van der Waals surface area contributed by atoms with Gasteiger partial charge in [-0.05, 0) is 59.8 Å². The smallest absolute Gasteiger partial charge is 0.264 e. The van der Waals surface area contributed by atoms with Gasteiger partial charge in [-0.25, -0.2) is 9.38 Å². The van der Waals surface area contributed by atoms with E-state index in [-0.39, 0.29) is 11.7 Å². The van der Waals surface area contributed by atoms with Crippen LogP contribution < -0.4 is 14.8 Å². The van der Waals surface area contributed by atoms with Crippen molar-refractivity contribution >= 4 is 34.6 Å². The number of methoxy groups -OCH3 is 1. The van der Waals surface area contributed by atoms with Gasteiger partial charge in [0.25, 0.3) is 5.91 Å². The van der Waals surface area contributed by atoms with E-state index in [4.69, 9.17) is 9.47 Å². The van der Waals surface area contributed by atoms with Crippen molar-refractivity contribution in [3.8, 4) is 11.5 Å². The number of amides is 1. The lowest BCUT2D eigenvalue weighted by Crippen LogP contribution is -2.19. The van der Waals surface area contributed by atoms with Gasteiger partial charge >= 0.3 is 0 Å². The SMILES string of the molecule is C=CCOc1ccc(/C=C2/SC(=Nc3ccc(F)cc3)NC2=O)cc1OC. The first-order valence-corrected chi connectivity index (χ1v) is 8.87. The molecule has 0 bridgehead atoms. The molecule has 0 aliphatic carbocycles. The zero-order valence-corrected chi connectivity index (χ0v) is 15.4.